The monoisotopic (exact) mass is 432 g/mol. The Bertz CT molecular complexity index is 1070. The Morgan fingerprint density at radius 1 is 1.12 bits per heavy atom. The Kier molecular flexibility index (Phi) is 6.69. The molecule has 2 aromatic carbocycles. The van der Waals surface area contributed by atoms with Crippen LogP contribution in [0.15, 0.2) is 59.7 Å². The normalized spacial score (nSPS) is 13.5. The largest absolute Gasteiger partial charge is 0.497 e. The van der Waals surface area contributed by atoms with E-state index in [0.29, 0.717) is 0 Å². The number of nitrogens with zero attached hydrogens (tertiary/aromatic N) is 4. The average molecular weight is 433 g/mol. The number of para-hydroxylation sites is 1. The molecule has 1 saturated heterocycles. The standard InChI is InChI=1S/C24H28N6O2/c1-18-22(16-26-27-23(31)17-25-19-10-12-21(32-2)13-11-19)24(29-14-6-7-15-29)30(28-18)20-8-4-3-5-9-20/h3-5,8-13,16,25H,6-7,14-15,17H2,1-2H3,(H,27,31). The van der Waals surface area contributed by atoms with Crippen LogP contribution >= 0.6 is 0 Å². The molecule has 4 rings (SSSR count). The van der Waals surface area contributed by atoms with Crippen LogP contribution in [0.5, 0.6) is 5.75 Å². The number of benzene rings is 2. The zero-order chi connectivity index (χ0) is 22.3. The molecule has 0 spiro atoms. The quantitative estimate of drug-likeness (QED) is 0.421. The predicted octanol–water partition coefficient (Wildman–Crippen LogP) is 3.35. The summed E-state index contributed by atoms with van der Waals surface area (Å²) < 4.78 is 7.11. The van der Waals surface area contributed by atoms with Crippen LogP contribution in [0.3, 0.4) is 0 Å². The smallest absolute Gasteiger partial charge is 0.259 e. The molecule has 2 heterocycles. The van der Waals surface area contributed by atoms with Gasteiger partial charge in [0, 0.05) is 18.8 Å². The summed E-state index contributed by atoms with van der Waals surface area (Å²) in [5, 5.41) is 12.0. The van der Waals surface area contributed by atoms with Gasteiger partial charge in [0.25, 0.3) is 5.91 Å². The summed E-state index contributed by atoms with van der Waals surface area (Å²) in [4.78, 5) is 14.6. The molecule has 0 saturated carbocycles. The first-order chi connectivity index (χ1) is 15.7. The second kappa shape index (κ2) is 10.00. The Hall–Kier alpha value is -3.81. The van der Waals surface area contributed by atoms with Gasteiger partial charge in [-0.1, -0.05) is 18.2 Å². The van der Waals surface area contributed by atoms with Crippen molar-refractivity contribution in [2.24, 2.45) is 5.10 Å². The molecule has 8 heteroatoms. The van der Waals surface area contributed by atoms with Crippen LogP contribution in [0, 0.1) is 6.92 Å². The zero-order valence-electron chi connectivity index (χ0n) is 18.4. The summed E-state index contributed by atoms with van der Waals surface area (Å²) >= 11 is 0. The zero-order valence-corrected chi connectivity index (χ0v) is 18.4. The summed E-state index contributed by atoms with van der Waals surface area (Å²) in [7, 11) is 1.62. The maximum atomic E-state index is 12.2. The second-order valence-electron chi connectivity index (χ2n) is 7.64. The van der Waals surface area contributed by atoms with Gasteiger partial charge >= 0.3 is 0 Å². The highest BCUT2D eigenvalue weighted by atomic mass is 16.5. The Morgan fingerprint density at radius 3 is 2.53 bits per heavy atom. The Balaban J connectivity index is 1.45. The summed E-state index contributed by atoms with van der Waals surface area (Å²) in [6, 6.07) is 17.5. The molecule has 1 amide bonds. The third-order valence-corrected chi connectivity index (χ3v) is 5.41. The van der Waals surface area contributed by atoms with Gasteiger partial charge in [-0.05, 0) is 56.2 Å². The van der Waals surface area contributed by atoms with Crippen molar-refractivity contribution < 1.29 is 9.53 Å². The molecule has 1 aliphatic heterocycles. The van der Waals surface area contributed by atoms with Gasteiger partial charge in [0.15, 0.2) is 0 Å². The van der Waals surface area contributed by atoms with Crippen LogP contribution in [0.25, 0.3) is 5.69 Å². The van der Waals surface area contributed by atoms with E-state index in [1.807, 2.05) is 66.2 Å². The highest BCUT2D eigenvalue weighted by molar-refractivity contribution is 5.90. The average Bonchev–Trinajstić information content (AvgIpc) is 3.47. The first kappa shape index (κ1) is 21.4. The minimum atomic E-state index is -0.229. The number of carbonyl (C=O) groups excluding carboxylic acids is 1. The highest BCUT2D eigenvalue weighted by Crippen LogP contribution is 2.28. The molecule has 0 radical (unpaired) electrons. The summed E-state index contributed by atoms with van der Waals surface area (Å²) in [6.45, 7) is 4.05. The lowest BCUT2D eigenvalue weighted by Gasteiger charge is -2.20. The van der Waals surface area contributed by atoms with Gasteiger partial charge in [0.05, 0.1) is 36.8 Å². The third kappa shape index (κ3) is 4.91. The molecule has 166 valence electrons. The molecule has 0 atom stereocenters. The van der Waals surface area contributed by atoms with E-state index >= 15 is 0 Å². The molecule has 0 bridgehead atoms. The predicted molar refractivity (Wildman–Crippen MR) is 127 cm³/mol. The fourth-order valence-corrected chi connectivity index (χ4v) is 3.76. The first-order valence-electron chi connectivity index (χ1n) is 10.8. The van der Waals surface area contributed by atoms with Gasteiger partial charge in [-0.3, -0.25) is 4.79 Å². The number of rotatable bonds is 8. The number of nitrogens with one attached hydrogen (secondary N) is 2. The number of methoxy groups -OCH3 is 1. The van der Waals surface area contributed by atoms with Gasteiger partial charge in [-0.25, -0.2) is 10.1 Å². The lowest BCUT2D eigenvalue weighted by molar-refractivity contribution is -0.119. The minimum absolute atomic E-state index is 0.116. The molecule has 0 aliphatic carbocycles. The number of hydrogen-bond acceptors (Lipinski definition) is 6. The van der Waals surface area contributed by atoms with Crippen molar-refractivity contribution in [2.75, 3.05) is 37.0 Å². The highest BCUT2D eigenvalue weighted by Gasteiger charge is 2.23. The molecule has 1 aromatic heterocycles. The lowest BCUT2D eigenvalue weighted by atomic mass is 10.2. The number of ether oxygens (including phenoxy) is 1. The maximum absolute atomic E-state index is 12.2. The molecule has 2 N–H and O–H groups in total. The topological polar surface area (TPSA) is 83.8 Å². The van der Waals surface area contributed by atoms with Crippen molar-refractivity contribution in [3.05, 3.63) is 65.9 Å². The van der Waals surface area contributed by atoms with Crippen molar-refractivity contribution >= 4 is 23.6 Å². The number of carbonyl (C=O) groups is 1. The van der Waals surface area contributed by atoms with Crippen molar-refractivity contribution in [3.8, 4) is 11.4 Å². The fraction of sp³-hybridized carbons (Fsp3) is 0.292. The number of anilines is 2. The van der Waals surface area contributed by atoms with Gasteiger partial charge in [-0.2, -0.15) is 10.2 Å². The molecule has 32 heavy (non-hydrogen) atoms. The number of amides is 1. The van der Waals surface area contributed by atoms with Crippen molar-refractivity contribution in [1.82, 2.24) is 15.2 Å². The molecular weight excluding hydrogens is 404 g/mol. The first-order valence-corrected chi connectivity index (χ1v) is 10.8. The van der Waals surface area contributed by atoms with Crippen molar-refractivity contribution in [3.63, 3.8) is 0 Å². The number of aromatic nitrogens is 2. The van der Waals surface area contributed by atoms with E-state index in [1.54, 1.807) is 13.3 Å². The van der Waals surface area contributed by atoms with Crippen LogP contribution < -0.4 is 20.4 Å². The van der Waals surface area contributed by atoms with E-state index in [-0.39, 0.29) is 12.5 Å². The molecule has 0 unspecified atom stereocenters. The van der Waals surface area contributed by atoms with E-state index < -0.39 is 0 Å². The SMILES string of the molecule is COc1ccc(NCC(=O)NN=Cc2c(C)nn(-c3ccccc3)c2N2CCCC2)cc1. The molecule has 8 nitrogen and oxygen atoms in total. The third-order valence-electron chi connectivity index (χ3n) is 5.41. The maximum Gasteiger partial charge on any atom is 0.259 e. The van der Waals surface area contributed by atoms with Gasteiger partial charge < -0.3 is 15.0 Å². The molecular formula is C24H28N6O2. The van der Waals surface area contributed by atoms with E-state index in [0.717, 1.165) is 60.1 Å². The minimum Gasteiger partial charge on any atom is -0.497 e. The van der Waals surface area contributed by atoms with Crippen molar-refractivity contribution in [1.29, 1.82) is 0 Å². The number of aryl methyl sites for hydroxylation is 1. The van der Waals surface area contributed by atoms with Crippen LogP contribution in [-0.4, -0.2) is 48.6 Å². The van der Waals surface area contributed by atoms with E-state index in [2.05, 4.69) is 20.7 Å². The van der Waals surface area contributed by atoms with Crippen LogP contribution in [0.2, 0.25) is 0 Å². The van der Waals surface area contributed by atoms with Gasteiger partial charge in [0.2, 0.25) is 0 Å². The number of hydrogen-bond donors (Lipinski definition) is 2. The van der Waals surface area contributed by atoms with Gasteiger partial charge in [-0.15, -0.1) is 0 Å². The van der Waals surface area contributed by atoms with Crippen molar-refractivity contribution in [2.45, 2.75) is 19.8 Å². The van der Waals surface area contributed by atoms with E-state index in [4.69, 9.17) is 9.84 Å². The second-order valence-corrected chi connectivity index (χ2v) is 7.64. The Labute approximate surface area is 187 Å². The molecule has 1 fully saturated rings. The summed E-state index contributed by atoms with van der Waals surface area (Å²) in [5.41, 5.74) is 6.23. The molecule has 3 aromatic rings. The fourth-order valence-electron chi connectivity index (χ4n) is 3.76. The Morgan fingerprint density at radius 2 is 1.84 bits per heavy atom. The van der Waals surface area contributed by atoms with E-state index in [9.17, 15) is 4.79 Å². The van der Waals surface area contributed by atoms with Crippen LogP contribution in [-0.2, 0) is 4.79 Å². The van der Waals surface area contributed by atoms with Crippen LogP contribution in [0.1, 0.15) is 24.1 Å². The summed E-state index contributed by atoms with van der Waals surface area (Å²) in [6.07, 6.45) is 4.01. The number of hydrazone groups is 1. The van der Waals surface area contributed by atoms with Crippen LogP contribution in [0.4, 0.5) is 11.5 Å². The summed E-state index contributed by atoms with van der Waals surface area (Å²) in [5.74, 6) is 1.55. The molecule has 1 aliphatic rings. The van der Waals surface area contributed by atoms with E-state index in [1.165, 1.54) is 0 Å². The van der Waals surface area contributed by atoms with Gasteiger partial charge in [0.1, 0.15) is 11.6 Å². The lowest BCUT2D eigenvalue weighted by Crippen LogP contribution is -2.26.